The van der Waals surface area contributed by atoms with Gasteiger partial charge >= 0.3 is 0 Å². The highest BCUT2D eigenvalue weighted by Gasteiger charge is 2.41. The molecule has 0 saturated heterocycles. The first-order chi connectivity index (χ1) is 7.12. The van der Waals surface area contributed by atoms with E-state index in [2.05, 4.69) is 19.2 Å². The summed E-state index contributed by atoms with van der Waals surface area (Å²) in [7, 11) is 0. The molecule has 88 valence electrons. The van der Waals surface area contributed by atoms with Gasteiger partial charge in [-0.25, -0.2) is 0 Å². The van der Waals surface area contributed by atoms with Gasteiger partial charge in [-0.1, -0.05) is 20.3 Å². The maximum absolute atomic E-state index is 11.5. The molecule has 0 bridgehead atoms. The number of carbonyl (C=O) groups excluding carboxylic acids is 1. The van der Waals surface area contributed by atoms with Crippen LogP contribution in [0.2, 0.25) is 0 Å². The van der Waals surface area contributed by atoms with E-state index in [9.17, 15) is 4.79 Å². The molecule has 1 unspecified atom stereocenters. The molecule has 0 aromatic heterocycles. The van der Waals surface area contributed by atoms with E-state index < -0.39 is 0 Å². The molecule has 1 atom stereocenters. The van der Waals surface area contributed by atoms with Crippen molar-refractivity contribution < 1.29 is 4.79 Å². The van der Waals surface area contributed by atoms with Crippen molar-refractivity contribution in [1.29, 1.82) is 0 Å². The third kappa shape index (κ3) is 4.20. The minimum absolute atomic E-state index is 0.202. The molecule has 1 aliphatic carbocycles. The van der Waals surface area contributed by atoms with Crippen molar-refractivity contribution in [1.82, 2.24) is 5.32 Å². The van der Waals surface area contributed by atoms with Crippen LogP contribution >= 0.6 is 0 Å². The van der Waals surface area contributed by atoms with E-state index in [-0.39, 0.29) is 5.91 Å². The number of nitrogens with two attached hydrogens (primary N) is 1. The number of amides is 1. The molecule has 0 aromatic rings. The second kappa shape index (κ2) is 5.50. The Morgan fingerprint density at radius 1 is 1.53 bits per heavy atom. The quantitative estimate of drug-likeness (QED) is 0.674. The molecule has 1 aliphatic rings. The molecule has 0 heterocycles. The zero-order valence-corrected chi connectivity index (χ0v) is 10.0. The maximum Gasteiger partial charge on any atom is 0.220 e. The van der Waals surface area contributed by atoms with Gasteiger partial charge in [0.05, 0.1) is 0 Å². The number of nitrogens with one attached hydrogen (secondary N) is 1. The number of hydrogen-bond donors (Lipinski definition) is 2. The fourth-order valence-electron chi connectivity index (χ4n) is 1.82. The van der Waals surface area contributed by atoms with Crippen molar-refractivity contribution in [2.45, 2.75) is 46.0 Å². The van der Waals surface area contributed by atoms with E-state index >= 15 is 0 Å². The lowest BCUT2D eigenvalue weighted by Gasteiger charge is -2.15. The van der Waals surface area contributed by atoms with Gasteiger partial charge in [-0.3, -0.25) is 4.79 Å². The highest BCUT2D eigenvalue weighted by atomic mass is 16.1. The first-order valence-corrected chi connectivity index (χ1v) is 6.08. The van der Waals surface area contributed by atoms with E-state index in [0.717, 1.165) is 25.9 Å². The van der Waals surface area contributed by atoms with Crippen LogP contribution in [0.1, 0.15) is 46.0 Å². The van der Waals surface area contributed by atoms with Gasteiger partial charge in [0.1, 0.15) is 0 Å². The zero-order chi connectivity index (χ0) is 11.3. The van der Waals surface area contributed by atoms with Gasteiger partial charge in [-0.15, -0.1) is 0 Å². The largest absolute Gasteiger partial charge is 0.356 e. The normalized spacial score (nSPS) is 19.7. The molecule has 0 aliphatic heterocycles. The van der Waals surface area contributed by atoms with E-state index in [4.69, 9.17) is 5.73 Å². The maximum atomic E-state index is 11.5. The molecule has 3 nitrogen and oxygen atoms in total. The molecule has 0 radical (unpaired) electrons. The Morgan fingerprint density at radius 2 is 2.20 bits per heavy atom. The second-order valence-electron chi connectivity index (χ2n) is 5.03. The van der Waals surface area contributed by atoms with E-state index in [1.54, 1.807) is 0 Å². The van der Waals surface area contributed by atoms with Gasteiger partial charge in [0.25, 0.3) is 0 Å². The van der Waals surface area contributed by atoms with Crippen LogP contribution in [0.4, 0.5) is 0 Å². The summed E-state index contributed by atoms with van der Waals surface area (Å²) in [6.07, 6.45) is 5.24. The molecule has 15 heavy (non-hydrogen) atoms. The summed E-state index contributed by atoms with van der Waals surface area (Å²) in [5.74, 6) is 0.697. The summed E-state index contributed by atoms with van der Waals surface area (Å²) in [6.45, 7) is 5.81. The lowest BCUT2D eigenvalue weighted by atomic mass is 10.0. The van der Waals surface area contributed by atoms with Gasteiger partial charge in [0, 0.05) is 13.0 Å². The lowest BCUT2D eigenvalue weighted by Crippen LogP contribution is -2.32. The molecule has 1 amide bonds. The van der Waals surface area contributed by atoms with Crippen molar-refractivity contribution in [2.24, 2.45) is 17.1 Å². The molecule has 3 heteroatoms. The molecule has 1 rings (SSSR count). The number of rotatable bonds is 7. The van der Waals surface area contributed by atoms with Gasteiger partial charge in [0.15, 0.2) is 0 Å². The molecule has 0 spiro atoms. The summed E-state index contributed by atoms with van der Waals surface area (Å²) in [4.78, 5) is 11.5. The lowest BCUT2D eigenvalue weighted by molar-refractivity contribution is -0.122. The number of carbonyl (C=O) groups is 1. The van der Waals surface area contributed by atoms with Crippen LogP contribution in [0.5, 0.6) is 0 Å². The Balaban J connectivity index is 2.16. The average Bonchev–Trinajstić information content (AvgIpc) is 2.96. The highest BCUT2D eigenvalue weighted by molar-refractivity contribution is 5.76. The van der Waals surface area contributed by atoms with Crippen molar-refractivity contribution in [3.05, 3.63) is 0 Å². The third-order valence-electron chi connectivity index (χ3n) is 3.52. The van der Waals surface area contributed by atoms with Gasteiger partial charge in [-0.05, 0) is 37.1 Å². The molecular formula is C12H24N2O. The molecular weight excluding hydrogens is 188 g/mol. The fourth-order valence-corrected chi connectivity index (χ4v) is 1.82. The molecule has 1 saturated carbocycles. The van der Waals surface area contributed by atoms with Crippen LogP contribution in [0.15, 0.2) is 0 Å². The summed E-state index contributed by atoms with van der Waals surface area (Å²) < 4.78 is 0. The van der Waals surface area contributed by atoms with E-state index in [1.165, 1.54) is 12.8 Å². The van der Waals surface area contributed by atoms with Crippen molar-refractivity contribution in [3.8, 4) is 0 Å². The molecule has 1 fully saturated rings. The van der Waals surface area contributed by atoms with Gasteiger partial charge in [0.2, 0.25) is 5.91 Å². The first-order valence-electron chi connectivity index (χ1n) is 6.08. The predicted octanol–water partition coefficient (Wildman–Crippen LogP) is 1.67. The first kappa shape index (κ1) is 12.5. The van der Waals surface area contributed by atoms with Crippen LogP contribution in [0.25, 0.3) is 0 Å². The van der Waals surface area contributed by atoms with Gasteiger partial charge < -0.3 is 11.1 Å². The smallest absolute Gasteiger partial charge is 0.220 e. The van der Waals surface area contributed by atoms with Crippen LogP contribution in [-0.2, 0) is 4.79 Å². The topological polar surface area (TPSA) is 55.1 Å². The van der Waals surface area contributed by atoms with Crippen molar-refractivity contribution in [2.75, 3.05) is 13.1 Å². The average molecular weight is 212 g/mol. The monoisotopic (exact) mass is 212 g/mol. The Labute approximate surface area is 92.8 Å². The van der Waals surface area contributed by atoms with Crippen LogP contribution < -0.4 is 11.1 Å². The van der Waals surface area contributed by atoms with Crippen LogP contribution in [0.3, 0.4) is 0 Å². The fraction of sp³-hybridized carbons (Fsp3) is 0.917. The summed E-state index contributed by atoms with van der Waals surface area (Å²) >= 11 is 0. The Bertz CT molecular complexity index is 212. The minimum Gasteiger partial charge on any atom is -0.356 e. The van der Waals surface area contributed by atoms with Crippen molar-refractivity contribution in [3.63, 3.8) is 0 Å². The third-order valence-corrected chi connectivity index (χ3v) is 3.52. The van der Waals surface area contributed by atoms with Crippen molar-refractivity contribution >= 4 is 5.91 Å². The number of hydrogen-bond acceptors (Lipinski definition) is 2. The highest BCUT2D eigenvalue weighted by Crippen LogP contribution is 2.47. The second-order valence-corrected chi connectivity index (χ2v) is 5.03. The minimum atomic E-state index is 0.202. The van der Waals surface area contributed by atoms with Crippen LogP contribution in [-0.4, -0.2) is 19.0 Å². The zero-order valence-electron chi connectivity index (χ0n) is 10.0. The van der Waals surface area contributed by atoms with E-state index in [0.29, 0.717) is 17.8 Å². The summed E-state index contributed by atoms with van der Waals surface area (Å²) in [5.41, 5.74) is 5.91. The Hall–Kier alpha value is -0.570. The molecule has 0 aromatic carbocycles. The van der Waals surface area contributed by atoms with Gasteiger partial charge in [-0.2, -0.15) is 0 Å². The summed E-state index contributed by atoms with van der Waals surface area (Å²) in [5, 5.41) is 3.04. The van der Waals surface area contributed by atoms with E-state index in [1.807, 2.05) is 0 Å². The summed E-state index contributed by atoms with van der Waals surface area (Å²) in [6, 6.07) is 0. The predicted molar refractivity (Wildman–Crippen MR) is 62.4 cm³/mol. The molecule has 3 N–H and O–H groups in total. The standard InChI is InChI=1S/C12H24N2O/c1-3-10(2)8-11(15)14-9-12(4-5-12)6-7-13/h10H,3-9,13H2,1-2H3,(H,14,15). The Morgan fingerprint density at radius 3 is 2.67 bits per heavy atom. The van der Waals surface area contributed by atoms with Crippen LogP contribution in [0, 0.1) is 11.3 Å². The Kier molecular flexibility index (Phi) is 4.58. The SMILES string of the molecule is CCC(C)CC(=O)NCC1(CCN)CC1.